The predicted octanol–water partition coefficient (Wildman–Crippen LogP) is 3.16. The maximum atomic E-state index is 11.8. The first-order chi connectivity index (χ1) is 13.5. The van der Waals surface area contributed by atoms with E-state index < -0.39 is 11.9 Å². The summed E-state index contributed by atoms with van der Waals surface area (Å²) in [5, 5.41) is 19.6. The Morgan fingerprint density at radius 3 is 2.46 bits per heavy atom. The van der Waals surface area contributed by atoms with Gasteiger partial charge < -0.3 is 19.7 Å². The molecule has 142 valence electrons. The molecule has 0 spiro atoms. The number of fused-ring (bicyclic) bond motifs is 3. The summed E-state index contributed by atoms with van der Waals surface area (Å²) in [5.74, 6) is -2.03. The molecule has 4 rings (SSSR count). The third-order valence-electron chi connectivity index (χ3n) is 5.05. The van der Waals surface area contributed by atoms with Crippen LogP contribution in [0.25, 0.3) is 10.9 Å². The van der Waals surface area contributed by atoms with Crippen LogP contribution in [0.3, 0.4) is 0 Å². The van der Waals surface area contributed by atoms with Crippen molar-refractivity contribution < 1.29 is 19.8 Å². The van der Waals surface area contributed by atoms with Crippen molar-refractivity contribution in [1.82, 2.24) is 9.47 Å². The molecule has 1 aliphatic rings. The second-order valence-corrected chi connectivity index (χ2v) is 7.16. The number of benzene rings is 2. The van der Waals surface area contributed by atoms with Gasteiger partial charge in [0.25, 0.3) is 0 Å². The number of nitrogens with zero attached hydrogens (tertiary/aromatic N) is 2. The van der Waals surface area contributed by atoms with E-state index in [0.29, 0.717) is 41.1 Å². The Morgan fingerprint density at radius 1 is 1.04 bits per heavy atom. The van der Waals surface area contributed by atoms with E-state index in [0.717, 1.165) is 11.1 Å². The summed E-state index contributed by atoms with van der Waals surface area (Å²) < 4.78 is 1.64. The maximum Gasteiger partial charge on any atom is 0.336 e. The number of aromatic nitrogens is 1. The Bertz CT molecular complexity index is 1100. The Kier molecular flexibility index (Phi) is 4.60. The molecule has 2 N–H and O–H groups in total. The van der Waals surface area contributed by atoms with Crippen molar-refractivity contribution in [2.24, 2.45) is 0 Å². The lowest BCUT2D eigenvalue weighted by Crippen LogP contribution is -2.37. The van der Waals surface area contributed by atoms with Gasteiger partial charge >= 0.3 is 11.9 Å². The molecule has 0 amide bonds. The normalized spacial score (nSPS) is 13.6. The van der Waals surface area contributed by atoms with Gasteiger partial charge in [-0.2, -0.15) is 0 Å². The molecule has 0 saturated heterocycles. The highest BCUT2D eigenvalue weighted by molar-refractivity contribution is 7.80. The fraction of sp³-hybridized carbons (Fsp3) is 0.190. The monoisotopic (exact) mass is 394 g/mol. The summed E-state index contributed by atoms with van der Waals surface area (Å²) in [6, 6.07) is 14.9. The van der Waals surface area contributed by atoms with Crippen molar-refractivity contribution in [3.8, 4) is 0 Å². The number of aromatic carboxylic acids is 1. The van der Waals surface area contributed by atoms with Gasteiger partial charge in [0.2, 0.25) is 0 Å². The summed E-state index contributed by atoms with van der Waals surface area (Å²) in [4.78, 5) is 25.9. The Hall–Kier alpha value is -3.19. The van der Waals surface area contributed by atoms with Crippen molar-refractivity contribution in [2.75, 3.05) is 6.54 Å². The topological polar surface area (TPSA) is 82.8 Å². The van der Waals surface area contributed by atoms with Crippen molar-refractivity contribution >= 4 is 40.0 Å². The highest BCUT2D eigenvalue weighted by atomic mass is 32.1. The van der Waals surface area contributed by atoms with E-state index in [2.05, 4.69) is 0 Å². The summed E-state index contributed by atoms with van der Waals surface area (Å²) in [6.45, 7) is 1.01. The van der Waals surface area contributed by atoms with Crippen molar-refractivity contribution in [1.29, 1.82) is 0 Å². The molecule has 0 aliphatic carbocycles. The van der Waals surface area contributed by atoms with Crippen molar-refractivity contribution in [3.05, 3.63) is 70.9 Å². The highest BCUT2D eigenvalue weighted by Gasteiger charge is 2.30. The van der Waals surface area contributed by atoms with Gasteiger partial charge in [-0.25, -0.2) is 4.79 Å². The average molecular weight is 394 g/mol. The standard InChI is InChI=1S/C21H18N2O4S/c24-17(25)12-23-16-8-4-7-15(21(26)27)18(16)14-9-10-22(20(28)19(14)23)11-13-5-2-1-3-6-13/h1-8H,9-12H2,(H,24,25)(H,26,27). The van der Waals surface area contributed by atoms with Crippen LogP contribution in [-0.4, -0.2) is 43.2 Å². The van der Waals surface area contributed by atoms with Crippen LogP contribution in [0, 0.1) is 0 Å². The van der Waals surface area contributed by atoms with Gasteiger partial charge in [0.1, 0.15) is 11.5 Å². The molecular weight excluding hydrogens is 376 g/mol. The Balaban J connectivity index is 1.86. The summed E-state index contributed by atoms with van der Waals surface area (Å²) >= 11 is 5.74. The molecule has 0 atom stereocenters. The Morgan fingerprint density at radius 2 is 1.79 bits per heavy atom. The maximum absolute atomic E-state index is 11.8. The molecule has 0 unspecified atom stereocenters. The number of hydrogen-bond donors (Lipinski definition) is 2. The fourth-order valence-electron chi connectivity index (χ4n) is 3.90. The smallest absolute Gasteiger partial charge is 0.336 e. The zero-order valence-electron chi connectivity index (χ0n) is 15.0. The second-order valence-electron chi connectivity index (χ2n) is 6.77. The molecule has 28 heavy (non-hydrogen) atoms. The molecule has 2 aromatic carbocycles. The first kappa shape index (κ1) is 18.2. The van der Waals surface area contributed by atoms with Gasteiger partial charge in [-0.1, -0.05) is 48.6 Å². The van der Waals surface area contributed by atoms with Crippen molar-refractivity contribution in [2.45, 2.75) is 19.5 Å². The van der Waals surface area contributed by atoms with Crippen LogP contribution in [0.5, 0.6) is 0 Å². The molecule has 3 aromatic rings. The third-order valence-corrected chi connectivity index (χ3v) is 5.50. The van der Waals surface area contributed by atoms with Crippen LogP contribution in [0.2, 0.25) is 0 Å². The molecule has 0 saturated carbocycles. The van der Waals surface area contributed by atoms with Gasteiger partial charge in [0.15, 0.2) is 0 Å². The molecule has 6 nitrogen and oxygen atoms in total. The lowest BCUT2D eigenvalue weighted by atomic mass is 9.99. The first-order valence-electron chi connectivity index (χ1n) is 8.89. The Labute approximate surface area is 166 Å². The van der Waals surface area contributed by atoms with Crippen LogP contribution in [0.4, 0.5) is 0 Å². The van der Waals surface area contributed by atoms with Crippen molar-refractivity contribution in [3.63, 3.8) is 0 Å². The van der Waals surface area contributed by atoms with Crippen LogP contribution in [0.1, 0.15) is 27.2 Å². The second kappa shape index (κ2) is 7.09. The zero-order valence-corrected chi connectivity index (χ0v) is 15.8. The van der Waals surface area contributed by atoms with E-state index in [1.54, 1.807) is 22.8 Å². The van der Waals surface area contributed by atoms with Gasteiger partial charge in [-0.3, -0.25) is 4.79 Å². The molecule has 1 aliphatic heterocycles. The number of hydrogen-bond acceptors (Lipinski definition) is 3. The highest BCUT2D eigenvalue weighted by Crippen LogP contribution is 2.34. The molecule has 2 heterocycles. The first-order valence-corrected chi connectivity index (χ1v) is 9.30. The van der Waals surface area contributed by atoms with Gasteiger partial charge in [0, 0.05) is 18.5 Å². The van der Waals surface area contributed by atoms with E-state index in [9.17, 15) is 19.8 Å². The summed E-state index contributed by atoms with van der Waals surface area (Å²) in [5.41, 5.74) is 3.35. The molecular formula is C21H18N2O4S. The van der Waals surface area contributed by atoms with E-state index in [-0.39, 0.29) is 12.1 Å². The average Bonchev–Trinajstić information content (AvgIpc) is 2.99. The number of thiocarbonyl (C=S) groups is 1. The SMILES string of the molecule is O=C(O)Cn1c2c(c3c(C(=O)O)cccc31)CCN(Cc1ccccc1)C2=S. The van der Waals surface area contributed by atoms with Gasteiger partial charge in [0.05, 0.1) is 16.8 Å². The molecule has 1 aromatic heterocycles. The number of carbonyl (C=O) groups is 2. The fourth-order valence-corrected chi connectivity index (χ4v) is 4.29. The van der Waals surface area contributed by atoms with E-state index in [1.807, 2.05) is 35.2 Å². The minimum atomic E-state index is -1.03. The summed E-state index contributed by atoms with van der Waals surface area (Å²) in [6.07, 6.45) is 0.607. The molecule has 0 bridgehead atoms. The lowest BCUT2D eigenvalue weighted by molar-refractivity contribution is -0.137. The zero-order chi connectivity index (χ0) is 19.8. The molecule has 0 fully saturated rings. The molecule has 0 radical (unpaired) electrons. The largest absolute Gasteiger partial charge is 0.480 e. The van der Waals surface area contributed by atoms with E-state index in [1.165, 1.54) is 0 Å². The van der Waals surface area contributed by atoms with Crippen LogP contribution in [0.15, 0.2) is 48.5 Å². The van der Waals surface area contributed by atoms with Crippen LogP contribution >= 0.6 is 12.2 Å². The van der Waals surface area contributed by atoms with Crippen LogP contribution in [-0.2, 0) is 24.3 Å². The van der Waals surface area contributed by atoms with Crippen LogP contribution < -0.4 is 0 Å². The predicted molar refractivity (Wildman–Crippen MR) is 109 cm³/mol. The number of carboxylic acids is 2. The van der Waals surface area contributed by atoms with Gasteiger partial charge in [-0.15, -0.1) is 0 Å². The summed E-state index contributed by atoms with van der Waals surface area (Å²) in [7, 11) is 0. The van der Waals surface area contributed by atoms with E-state index in [4.69, 9.17) is 12.2 Å². The van der Waals surface area contributed by atoms with E-state index >= 15 is 0 Å². The van der Waals surface area contributed by atoms with Gasteiger partial charge in [-0.05, 0) is 29.7 Å². The minimum absolute atomic E-state index is 0.178. The third kappa shape index (κ3) is 3.03. The number of rotatable bonds is 5. The minimum Gasteiger partial charge on any atom is -0.480 e. The quantitative estimate of drug-likeness (QED) is 0.647. The number of carboxylic acid groups (broad SMARTS) is 2. The number of aliphatic carboxylic acids is 1. The molecule has 7 heteroatoms. The lowest BCUT2D eigenvalue weighted by Gasteiger charge is -2.31.